The van der Waals surface area contributed by atoms with Gasteiger partial charge in [-0.3, -0.25) is 4.79 Å². The maximum atomic E-state index is 12.7. The summed E-state index contributed by atoms with van der Waals surface area (Å²) in [5, 5.41) is 3.30. The van der Waals surface area contributed by atoms with Crippen LogP contribution in [0.4, 0.5) is 5.69 Å². The Kier molecular flexibility index (Phi) is 3.81. The van der Waals surface area contributed by atoms with Crippen molar-refractivity contribution in [3.05, 3.63) is 17.2 Å². The molecule has 3 N–H and O–H groups in total. The zero-order chi connectivity index (χ0) is 15.0. The van der Waals surface area contributed by atoms with E-state index in [2.05, 4.69) is 14.1 Å². The Morgan fingerprint density at radius 3 is 2.76 bits per heavy atom. The first-order valence-corrected chi connectivity index (χ1v) is 8.08. The number of nitrogens with one attached hydrogen (secondary N) is 1. The molecule has 1 aliphatic rings. The molecule has 110 valence electrons. The van der Waals surface area contributed by atoms with Crippen LogP contribution in [0.15, 0.2) is 12.1 Å². The average Bonchev–Trinajstić information content (AvgIpc) is 3.10. The molecule has 1 amide bonds. The smallest absolute Gasteiger partial charge is 0.237 e. The number of thiocarbonyl (C=S) groups is 1. The van der Waals surface area contributed by atoms with Gasteiger partial charge in [-0.1, -0.05) is 36.7 Å². The summed E-state index contributed by atoms with van der Waals surface area (Å²) in [6.07, 6.45) is 3.25. The van der Waals surface area contributed by atoms with E-state index in [1.807, 2.05) is 0 Å². The van der Waals surface area contributed by atoms with Crippen molar-refractivity contribution in [2.75, 3.05) is 5.32 Å². The predicted molar refractivity (Wildman–Crippen MR) is 88.7 cm³/mol. The largest absolute Gasteiger partial charge is 0.392 e. The number of amides is 1. The summed E-state index contributed by atoms with van der Waals surface area (Å²) in [7, 11) is 0. The van der Waals surface area contributed by atoms with Gasteiger partial charge in [-0.25, -0.2) is 0 Å². The number of fused-ring (bicyclic) bond motifs is 1. The summed E-state index contributed by atoms with van der Waals surface area (Å²) in [5.74, 6) is -0.199. The number of rotatable bonds is 3. The molecule has 0 spiro atoms. The van der Waals surface area contributed by atoms with Gasteiger partial charge in [0.1, 0.15) is 11.0 Å². The van der Waals surface area contributed by atoms with E-state index < -0.39 is 5.41 Å². The van der Waals surface area contributed by atoms with E-state index in [4.69, 9.17) is 29.6 Å². The van der Waals surface area contributed by atoms with Crippen LogP contribution in [0.25, 0.3) is 11.0 Å². The lowest BCUT2D eigenvalue weighted by molar-refractivity contribution is -0.122. The maximum absolute atomic E-state index is 12.7. The molecule has 0 radical (unpaired) electrons. The van der Waals surface area contributed by atoms with Gasteiger partial charge in [-0.05, 0) is 25.0 Å². The molecule has 0 atom stereocenters. The molecule has 21 heavy (non-hydrogen) atoms. The molecule has 3 rings (SSSR count). The Hall–Kier alpha value is -1.31. The third-order valence-electron chi connectivity index (χ3n) is 3.98. The SMILES string of the molecule is NC(=S)C1(C(=O)Nc2c(Cl)ccc3nsnc23)CCCC1. The van der Waals surface area contributed by atoms with Gasteiger partial charge in [-0.2, -0.15) is 8.75 Å². The zero-order valence-electron chi connectivity index (χ0n) is 11.1. The van der Waals surface area contributed by atoms with Gasteiger partial charge in [0.15, 0.2) is 0 Å². The normalized spacial score (nSPS) is 17.0. The topological polar surface area (TPSA) is 80.9 Å². The van der Waals surface area contributed by atoms with Crippen LogP contribution in [0.1, 0.15) is 25.7 Å². The van der Waals surface area contributed by atoms with E-state index >= 15 is 0 Å². The maximum Gasteiger partial charge on any atom is 0.237 e. The Labute approximate surface area is 136 Å². The molecule has 1 aromatic carbocycles. The summed E-state index contributed by atoms with van der Waals surface area (Å²) in [4.78, 5) is 13.0. The number of anilines is 1. The number of carbonyl (C=O) groups is 1. The number of hydrogen-bond acceptors (Lipinski definition) is 5. The van der Waals surface area contributed by atoms with Crippen LogP contribution >= 0.6 is 35.5 Å². The second kappa shape index (κ2) is 5.47. The van der Waals surface area contributed by atoms with Crippen LogP contribution in [0, 0.1) is 5.41 Å². The van der Waals surface area contributed by atoms with E-state index in [-0.39, 0.29) is 10.9 Å². The molecule has 1 heterocycles. The van der Waals surface area contributed by atoms with E-state index in [0.29, 0.717) is 34.6 Å². The van der Waals surface area contributed by atoms with Gasteiger partial charge in [0.05, 0.1) is 32.8 Å². The molecule has 5 nitrogen and oxygen atoms in total. The Balaban J connectivity index is 1.98. The number of aromatic nitrogens is 2. The van der Waals surface area contributed by atoms with Crippen LogP contribution in [-0.4, -0.2) is 19.6 Å². The molecule has 0 bridgehead atoms. The van der Waals surface area contributed by atoms with Gasteiger partial charge in [0.2, 0.25) is 5.91 Å². The number of nitrogens with two attached hydrogens (primary N) is 1. The minimum Gasteiger partial charge on any atom is -0.392 e. The second-order valence-corrected chi connectivity index (χ2v) is 6.54. The lowest BCUT2D eigenvalue weighted by atomic mass is 9.85. The molecule has 0 aliphatic heterocycles. The standard InChI is InChI=1S/C13H13ClN4OS2/c14-7-3-4-8-10(18-21-17-8)9(7)16-12(19)13(11(15)20)5-1-2-6-13/h3-4H,1-2,5-6H2,(H2,15,20)(H,16,19). The highest BCUT2D eigenvalue weighted by molar-refractivity contribution is 7.80. The van der Waals surface area contributed by atoms with Crippen LogP contribution in [-0.2, 0) is 4.79 Å². The molecule has 1 saturated carbocycles. The Morgan fingerprint density at radius 1 is 1.38 bits per heavy atom. The first-order chi connectivity index (χ1) is 10.0. The van der Waals surface area contributed by atoms with Gasteiger partial charge in [0.25, 0.3) is 0 Å². The van der Waals surface area contributed by atoms with E-state index in [0.717, 1.165) is 24.6 Å². The third-order valence-corrected chi connectivity index (χ3v) is 5.23. The van der Waals surface area contributed by atoms with Crippen LogP contribution in [0.5, 0.6) is 0 Å². The molecule has 2 aromatic rings. The lowest BCUT2D eigenvalue weighted by Crippen LogP contribution is -2.44. The van der Waals surface area contributed by atoms with Crippen molar-refractivity contribution in [1.82, 2.24) is 8.75 Å². The predicted octanol–water partition coefficient (Wildman–Crippen LogP) is 3.13. The minimum absolute atomic E-state index is 0.199. The van der Waals surface area contributed by atoms with Gasteiger partial charge < -0.3 is 11.1 Å². The minimum atomic E-state index is -0.774. The van der Waals surface area contributed by atoms with Crippen molar-refractivity contribution in [3.8, 4) is 0 Å². The highest BCUT2D eigenvalue weighted by atomic mass is 35.5. The average molecular weight is 341 g/mol. The fourth-order valence-corrected chi connectivity index (χ4v) is 3.78. The van der Waals surface area contributed by atoms with Crippen molar-refractivity contribution in [2.24, 2.45) is 11.1 Å². The first kappa shape index (κ1) is 14.6. The quantitative estimate of drug-likeness (QED) is 0.839. The van der Waals surface area contributed by atoms with Gasteiger partial charge in [-0.15, -0.1) is 0 Å². The number of benzene rings is 1. The molecule has 8 heteroatoms. The highest BCUT2D eigenvalue weighted by Crippen LogP contribution is 2.40. The lowest BCUT2D eigenvalue weighted by Gasteiger charge is -2.26. The molecular formula is C13H13ClN4OS2. The van der Waals surface area contributed by atoms with E-state index in [1.54, 1.807) is 12.1 Å². The van der Waals surface area contributed by atoms with E-state index in [9.17, 15) is 4.79 Å². The molecule has 1 fully saturated rings. The summed E-state index contributed by atoms with van der Waals surface area (Å²) in [6, 6.07) is 3.47. The highest BCUT2D eigenvalue weighted by Gasteiger charge is 2.44. The van der Waals surface area contributed by atoms with E-state index in [1.165, 1.54) is 0 Å². The van der Waals surface area contributed by atoms with Gasteiger partial charge >= 0.3 is 0 Å². The summed E-state index contributed by atoms with van der Waals surface area (Å²) >= 11 is 12.4. The Bertz CT molecular complexity index is 724. The van der Waals surface area contributed by atoms with Crippen molar-refractivity contribution >= 4 is 63.2 Å². The van der Waals surface area contributed by atoms with Crippen LogP contribution in [0.3, 0.4) is 0 Å². The molecule has 0 saturated heterocycles. The molecule has 1 aromatic heterocycles. The van der Waals surface area contributed by atoms with Crippen molar-refractivity contribution in [3.63, 3.8) is 0 Å². The Morgan fingerprint density at radius 2 is 2.10 bits per heavy atom. The third kappa shape index (κ3) is 2.39. The molecule has 1 aliphatic carbocycles. The van der Waals surface area contributed by atoms with Crippen molar-refractivity contribution in [2.45, 2.75) is 25.7 Å². The molecule has 0 unspecified atom stereocenters. The van der Waals surface area contributed by atoms with Gasteiger partial charge in [0, 0.05) is 0 Å². The summed E-state index contributed by atoms with van der Waals surface area (Å²) in [6.45, 7) is 0. The fraction of sp³-hybridized carbons (Fsp3) is 0.385. The monoisotopic (exact) mass is 340 g/mol. The van der Waals surface area contributed by atoms with Crippen molar-refractivity contribution in [1.29, 1.82) is 0 Å². The fourth-order valence-electron chi connectivity index (χ4n) is 2.74. The number of hydrogen-bond donors (Lipinski definition) is 2. The number of carbonyl (C=O) groups excluding carboxylic acids is 1. The van der Waals surface area contributed by atoms with Crippen LogP contribution < -0.4 is 11.1 Å². The summed E-state index contributed by atoms with van der Waals surface area (Å²) < 4.78 is 8.34. The number of halogens is 1. The summed E-state index contributed by atoms with van der Waals surface area (Å²) in [5.41, 5.74) is 6.84. The second-order valence-electron chi connectivity index (χ2n) is 5.16. The zero-order valence-corrected chi connectivity index (χ0v) is 13.4. The molecular weight excluding hydrogens is 328 g/mol. The van der Waals surface area contributed by atoms with Crippen LogP contribution in [0.2, 0.25) is 5.02 Å². The number of nitrogens with zero attached hydrogens (tertiary/aromatic N) is 2. The van der Waals surface area contributed by atoms with Crippen molar-refractivity contribution < 1.29 is 4.79 Å². The first-order valence-electron chi connectivity index (χ1n) is 6.57.